The number of hydrogen-bond acceptors (Lipinski definition) is 8. The third-order valence-electron chi connectivity index (χ3n) is 4.88. The van der Waals surface area contributed by atoms with Gasteiger partial charge in [0.15, 0.2) is 0 Å². The standard InChI is InChI=1S/C18H28N6O9/c19-8(6-12(20)25)15(29)22-9(3-4-14(27)28)16(30)23-10(7-13(21)26)17(31)24-5-1-2-11(24)18(32)33/h8-11H,1-7,19H2,(H2,20,25)(H2,21,26)(H,22,29)(H,23,30)(H,27,28)(H,32,33). The van der Waals surface area contributed by atoms with Crippen LogP contribution in [0.1, 0.15) is 38.5 Å². The van der Waals surface area contributed by atoms with Gasteiger partial charge >= 0.3 is 11.9 Å². The molecule has 0 aromatic rings. The smallest absolute Gasteiger partial charge is 0.326 e. The summed E-state index contributed by atoms with van der Waals surface area (Å²) >= 11 is 0. The molecule has 0 aliphatic carbocycles. The molecule has 0 aromatic heterocycles. The number of nitrogens with two attached hydrogens (primary N) is 3. The fraction of sp³-hybridized carbons (Fsp3) is 0.611. The maximum Gasteiger partial charge on any atom is 0.326 e. The van der Waals surface area contributed by atoms with Crippen LogP contribution >= 0.6 is 0 Å². The zero-order chi connectivity index (χ0) is 25.3. The first-order valence-corrected chi connectivity index (χ1v) is 10.0. The van der Waals surface area contributed by atoms with E-state index in [4.69, 9.17) is 22.3 Å². The number of amides is 5. The Morgan fingerprint density at radius 2 is 1.48 bits per heavy atom. The number of nitrogens with zero attached hydrogens (tertiary/aromatic N) is 1. The van der Waals surface area contributed by atoms with E-state index in [0.29, 0.717) is 6.42 Å². The number of carbonyl (C=O) groups excluding carboxylic acids is 5. The summed E-state index contributed by atoms with van der Waals surface area (Å²) in [4.78, 5) is 83.5. The lowest BCUT2D eigenvalue weighted by Crippen LogP contribution is -2.58. The minimum absolute atomic E-state index is 0.0854. The highest BCUT2D eigenvalue weighted by molar-refractivity contribution is 5.97. The second kappa shape index (κ2) is 12.3. The summed E-state index contributed by atoms with van der Waals surface area (Å²) in [6.45, 7) is 0.0854. The third kappa shape index (κ3) is 8.72. The number of carboxylic acid groups (broad SMARTS) is 2. The van der Waals surface area contributed by atoms with Gasteiger partial charge in [-0.15, -0.1) is 0 Å². The average molecular weight is 472 g/mol. The van der Waals surface area contributed by atoms with Gasteiger partial charge in [-0.1, -0.05) is 0 Å². The van der Waals surface area contributed by atoms with Gasteiger partial charge in [-0.25, -0.2) is 4.79 Å². The highest BCUT2D eigenvalue weighted by atomic mass is 16.4. The Kier molecular flexibility index (Phi) is 10.2. The minimum atomic E-state index is -1.54. The van der Waals surface area contributed by atoms with Crippen LogP contribution in [0.25, 0.3) is 0 Å². The number of aliphatic carboxylic acids is 2. The lowest BCUT2D eigenvalue weighted by atomic mass is 10.1. The highest BCUT2D eigenvalue weighted by Gasteiger charge is 2.39. The van der Waals surface area contributed by atoms with Gasteiger partial charge in [0.1, 0.15) is 18.1 Å². The Morgan fingerprint density at radius 3 is 2.00 bits per heavy atom. The number of nitrogens with one attached hydrogen (secondary N) is 2. The molecular weight excluding hydrogens is 444 g/mol. The van der Waals surface area contributed by atoms with Crippen LogP contribution in [-0.4, -0.2) is 87.3 Å². The van der Waals surface area contributed by atoms with Crippen molar-refractivity contribution in [2.75, 3.05) is 6.54 Å². The van der Waals surface area contributed by atoms with Crippen LogP contribution in [0.2, 0.25) is 0 Å². The minimum Gasteiger partial charge on any atom is -0.481 e. The van der Waals surface area contributed by atoms with Crippen LogP contribution in [0.3, 0.4) is 0 Å². The first kappa shape index (κ1) is 27.3. The molecule has 0 aromatic carbocycles. The van der Waals surface area contributed by atoms with Crippen molar-refractivity contribution < 1.29 is 43.8 Å². The maximum absolute atomic E-state index is 12.9. The molecule has 0 radical (unpaired) electrons. The van der Waals surface area contributed by atoms with E-state index in [0.717, 1.165) is 4.90 Å². The number of likely N-dealkylation sites (tertiary alicyclic amines) is 1. The number of carbonyl (C=O) groups is 7. The van der Waals surface area contributed by atoms with Crippen molar-refractivity contribution >= 4 is 41.5 Å². The Hall–Kier alpha value is -3.75. The molecule has 4 atom stereocenters. The SMILES string of the molecule is NC(=O)CC(N)C(=O)NC(CCC(=O)O)C(=O)NC(CC(N)=O)C(=O)N1CCCC1C(=O)O. The van der Waals surface area contributed by atoms with Crippen molar-refractivity contribution in [2.45, 2.75) is 62.7 Å². The van der Waals surface area contributed by atoms with Crippen molar-refractivity contribution in [3.63, 3.8) is 0 Å². The summed E-state index contributed by atoms with van der Waals surface area (Å²) in [5.74, 6) is -7.23. The van der Waals surface area contributed by atoms with Gasteiger partial charge in [0.05, 0.1) is 18.9 Å². The lowest BCUT2D eigenvalue weighted by Gasteiger charge is -2.28. The molecule has 0 saturated carbocycles. The van der Waals surface area contributed by atoms with Crippen LogP contribution < -0.4 is 27.8 Å². The predicted molar refractivity (Wildman–Crippen MR) is 109 cm³/mol. The predicted octanol–water partition coefficient (Wildman–Crippen LogP) is -4.03. The third-order valence-corrected chi connectivity index (χ3v) is 4.88. The summed E-state index contributed by atoms with van der Waals surface area (Å²) in [6, 6.07) is -5.59. The van der Waals surface area contributed by atoms with Gasteiger partial charge in [-0.2, -0.15) is 0 Å². The first-order valence-electron chi connectivity index (χ1n) is 10.0. The number of carboxylic acids is 2. The molecule has 15 nitrogen and oxygen atoms in total. The van der Waals surface area contributed by atoms with Gasteiger partial charge in [-0.05, 0) is 19.3 Å². The molecule has 1 rings (SSSR count). The van der Waals surface area contributed by atoms with Crippen LogP contribution in [0.5, 0.6) is 0 Å². The van der Waals surface area contributed by atoms with Gasteiger partial charge in [0.2, 0.25) is 29.5 Å². The van der Waals surface area contributed by atoms with Crippen molar-refractivity contribution in [1.82, 2.24) is 15.5 Å². The summed E-state index contributed by atoms with van der Waals surface area (Å²) in [5.41, 5.74) is 15.7. The summed E-state index contributed by atoms with van der Waals surface area (Å²) in [6.07, 6.45) is -1.57. The van der Waals surface area contributed by atoms with E-state index in [9.17, 15) is 38.7 Å². The Morgan fingerprint density at radius 1 is 0.909 bits per heavy atom. The molecule has 1 heterocycles. The summed E-state index contributed by atoms with van der Waals surface area (Å²) < 4.78 is 0. The van der Waals surface area contributed by atoms with E-state index in [1.165, 1.54) is 0 Å². The van der Waals surface area contributed by atoms with E-state index in [1.54, 1.807) is 0 Å². The topological polar surface area (TPSA) is 265 Å². The van der Waals surface area contributed by atoms with Gasteiger partial charge in [-0.3, -0.25) is 28.8 Å². The second-order valence-electron chi connectivity index (χ2n) is 7.53. The molecule has 184 valence electrons. The normalized spacial score (nSPS) is 18.0. The Bertz CT molecular complexity index is 817. The Balaban J connectivity index is 3.03. The molecule has 10 N–H and O–H groups in total. The monoisotopic (exact) mass is 472 g/mol. The van der Waals surface area contributed by atoms with E-state index in [2.05, 4.69) is 10.6 Å². The molecule has 1 saturated heterocycles. The van der Waals surface area contributed by atoms with Gasteiger partial charge < -0.3 is 42.9 Å². The molecule has 1 fully saturated rings. The summed E-state index contributed by atoms with van der Waals surface area (Å²) in [5, 5.41) is 22.6. The van der Waals surface area contributed by atoms with Crippen molar-refractivity contribution in [1.29, 1.82) is 0 Å². The first-order chi connectivity index (χ1) is 15.3. The average Bonchev–Trinajstić information content (AvgIpc) is 3.18. The van der Waals surface area contributed by atoms with Crippen molar-refractivity contribution in [3.8, 4) is 0 Å². The maximum atomic E-state index is 12.9. The molecular formula is C18H28N6O9. The molecule has 15 heteroatoms. The van der Waals surface area contributed by atoms with Crippen molar-refractivity contribution in [2.24, 2.45) is 17.2 Å². The van der Waals surface area contributed by atoms with Crippen molar-refractivity contribution in [3.05, 3.63) is 0 Å². The zero-order valence-corrected chi connectivity index (χ0v) is 17.7. The van der Waals surface area contributed by atoms with Crippen LogP contribution in [0.15, 0.2) is 0 Å². The molecule has 33 heavy (non-hydrogen) atoms. The largest absolute Gasteiger partial charge is 0.481 e. The van der Waals surface area contributed by atoms with Gasteiger partial charge in [0.25, 0.3) is 0 Å². The number of hydrogen-bond donors (Lipinski definition) is 7. The van der Waals surface area contributed by atoms with E-state index in [-0.39, 0.29) is 13.0 Å². The summed E-state index contributed by atoms with van der Waals surface area (Å²) in [7, 11) is 0. The van der Waals surface area contributed by atoms with E-state index >= 15 is 0 Å². The van der Waals surface area contributed by atoms with Crippen LogP contribution in [0, 0.1) is 0 Å². The van der Waals surface area contributed by atoms with Crippen LogP contribution in [0.4, 0.5) is 0 Å². The van der Waals surface area contributed by atoms with E-state index < -0.39 is 91.3 Å². The molecule has 1 aliphatic heterocycles. The Labute approximate surface area is 188 Å². The number of primary amides is 2. The molecule has 0 spiro atoms. The molecule has 1 aliphatic rings. The quantitative estimate of drug-likeness (QED) is 0.136. The fourth-order valence-electron chi connectivity index (χ4n) is 3.29. The van der Waals surface area contributed by atoms with Crippen LogP contribution in [-0.2, 0) is 33.6 Å². The second-order valence-corrected chi connectivity index (χ2v) is 7.53. The van der Waals surface area contributed by atoms with Gasteiger partial charge in [0, 0.05) is 13.0 Å². The zero-order valence-electron chi connectivity index (χ0n) is 17.7. The van der Waals surface area contributed by atoms with E-state index in [1.807, 2.05) is 0 Å². The fourth-order valence-corrected chi connectivity index (χ4v) is 3.29. The lowest BCUT2D eigenvalue weighted by molar-refractivity contribution is -0.149. The molecule has 4 unspecified atom stereocenters. The number of rotatable bonds is 13. The molecule has 0 bridgehead atoms. The molecule has 5 amide bonds. The highest BCUT2D eigenvalue weighted by Crippen LogP contribution is 2.19.